The van der Waals surface area contributed by atoms with Gasteiger partial charge in [-0.3, -0.25) is 4.79 Å². The molecule has 0 spiro atoms. The first-order chi connectivity index (χ1) is 8.06. The highest BCUT2D eigenvalue weighted by atomic mass is 16.5. The van der Waals surface area contributed by atoms with Gasteiger partial charge in [0.25, 0.3) is 0 Å². The maximum Gasteiger partial charge on any atom is 0.315 e. The van der Waals surface area contributed by atoms with Gasteiger partial charge in [-0.25, -0.2) is 0 Å². The van der Waals surface area contributed by atoms with Crippen molar-refractivity contribution in [2.75, 3.05) is 0 Å². The van der Waals surface area contributed by atoms with Crippen LogP contribution < -0.4 is 11.1 Å². The molecule has 6 nitrogen and oxygen atoms in total. The minimum Gasteiger partial charge on any atom is -0.361 e. The van der Waals surface area contributed by atoms with Crippen LogP contribution in [0.25, 0.3) is 0 Å². The van der Waals surface area contributed by atoms with E-state index in [0.29, 0.717) is 18.4 Å². The predicted molar refractivity (Wildman–Crippen MR) is 61.0 cm³/mol. The number of aromatic nitrogens is 2. The van der Waals surface area contributed by atoms with Crippen LogP contribution in [0.3, 0.4) is 0 Å². The quantitative estimate of drug-likeness (QED) is 0.787. The highest BCUT2D eigenvalue weighted by molar-refractivity contribution is 5.87. The van der Waals surface area contributed by atoms with E-state index >= 15 is 0 Å². The van der Waals surface area contributed by atoms with Crippen LogP contribution >= 0.6 is 0 Å². The zero-order valence-corrected chi connectivity index (χ0v) is 10.1. The summed E-state index contributed by atoms with van der Waals surface area (Å²) in [6, 6.07) is 0.526. The Labute approximate surface area is 99.9 Å². The molecular weight excluding hydrogens is 220 g/mol. The minimum absolute atomic E-state index is 0.129. The molecule has 0 saturated heterocycles. The SMILES string of the molecule is CC(C)C1CC(NCc2noc(C(N)=O)n2)C1. The van der Waals surface area contributed by atoms with Gasteiger partial charge in [-0.2, -0.15) is 4.98 Å². The number of hydrogen-bond acceptors (Lipinski definition) is 5. The van der Waals surface area contributed by atoms with Crippen molar-refractivity contribution >= 4 is 5.91 Å². The van der Waals surface area contributed by atoms with E-state index in [4.69, 9.17) is 10.3 Å². The van der Waals surface area contributed by atoms with Crippen LogP contribution in [0.4, 0.5) is 0 Å². The Morgan fingerprint density at radius 2 is 2.29 bits per heavy atom. The molecule has 0 unspecified atom stereocenters. The van der Waals surface area contributed by atoms with Crippen LogP contribution in [-0.2, 0) is 6.54 Å². The van der Waals surface area contributed by atoms with E-state index in [1.165, 1.54) is 12.8 Å². The monoisotopic (exact) mass is 238 g/mol. The van der Waals surface area contributed by atoms with Gasteiger partial charge >= 0.3 is 11.8 Å². The number of nitrogens with two attached hydrogens (primary N) is 1. The van der Waals surface area contributed by atoms with Crippen molar-refractivity contribution in [1.82, 2.24) is 15.5 Å². The smallest absolute Gasteiger partial charge is 0.315 e. The summed E-state index contributed by atoms with van der Waals surface area (Å²) in [5, 5.41) is 7.01. The number of amides is 1. The Kier molecular flexibility index (Phi) is 3.42. The lowest BCUT2D eigenvalue weighted by atomic mass is 9.74. The normalized spacial score (nSPS) is 23.7. The first-order valence-corrected chi connectivity index (χ1v) is 5.92. The van der Waals surface area contributed by atoms with Gasteiger partial charge in [0.05, 0.1) is 6.54 Å². The fourth-order valence-electron chi connectivity index (χ4n) is 2.03. The van der Waals surface area contributed by atoms with Gasteiger partial charge in [0.15, 0.2) is 5.82 Å². The summed E-state index contributed by atoms with van der Waals surface area (Å²) in [5.74, 6) is 1.23. The molecule has 1 aromatic rings. The first kappa shape index (κ1) is 12.0. The van der Waals surface area contributed by atoms with Crippen LogP contribution in [0, 0.1) is 11.8 Å². The van der Waals surface area contributed by atoms with E-state index in [1.54, 1.807) is 0 Å². The third-order valence-electron chi connectivity index (χ3n) is 3.35. The second-order valence-corrected chi connectivity index (χ2v) is 4.93. The molecule has 0 bridgehead atoms. The first-order valence-electron chi connectivity index (χ1n) is 5.92. The van der Waals surface area contributed by atoms with E-state index in [-0.39, 0.29) is 5.89 Å². The molecule has 0 aliphatic heterocycles. The topological polar surface area (TPSA) is 94.0 Å². The molecule has 1 heterocycles. The third kappa shape index (κ3) is 2.82. The van der Waals surface area contributed by atoms with Crippen LogP contribution in [0.5, 0.6) is 0 Å². The molecular formula is C11H18N4O2. The second kappa shape index (κ2) is 4.83. The van der Waals surface area contributed by atoms with Crippen molar-refractivity contribution in [3.05, 3.63) is 11.7 Å². The zero-order valence-electron chi connectivity index (χ0n) is 10.1. The van der Waals surface area contributed by atoms with Gasteiger partial charge in [0.2, 0.25) is 0 Å². The predicted octanol–water partition coefficient (Wildman–Crippen LogP) is 0.693. The summed E-state index contributed by atoms with van der Waals surface area (Å²) in [5.41, 5.74) is 5.02. The second-order valence-electron chi connectivity index (χ2n) is 4.93. The highest BCUT2D eigenvalue weighted by Crippen LogP contribution is 2.33. The van der Waals surface area contributed by atoms with E-state index in [1.807, 2.05) is 0 Å². The number of rotatable bonds is 5. The lowest BCUT2D eigenvalue weighted by Gasteiger charge is -2.38. The molecule has 0 aromatic carbocycles. The van der Waals surface area contributed by atoms with Crippen LogP contribution in [0.1, 0.15) is 43.2 Å². The number of hydrogen-bond donors (Lipinski definition) is 2. The van der Waals surface area contributed by atoms with Gasteiger partial charge in [-0.05, 0) is 24.7 Å². The molecule has 1 amide bonds. The van der Waals surface area contributed by atoms with Crippen molar-refractivity contribution in [2.24, 2.45) is 17.6 Å². The molecule has 1 saturated carbocycles. The average Bonchev–Trinajstić information content (AvgIpc) is 2.63. The van der Waals surface area contributed by atoms with E-state index in [2.05, 4.69) is 29.3 Å². The fourth-order valence-corrected chi connectivity index (χ4v) is 2.03. The Balaban J connectivity index is 1.74. The lowest BCUT2D eigenvalue weighted by Crippen LogP contribution is -2.42. The maximum atomic E-state index is 10.7. The average molecular weight is 238 g/mol. The van der Waals surface area contributed by atoms with Crippen LogP contribution in [0.2, 0.25) is 0 Å². The molecule has 1 aromatic heterocycles. The Hall–Kier alpha value is -1.43. The summed E-state index contributed by atoms with van der Waals surface area (Å²) >= 11 is 0. The lowest BCUT2D eigenvalue weighted by molar-refractivity contribution is 0.0958. The Morgan fingerprint density at radius 1 is 1.59 bits per heavy atom. The molecule has 1 fully saturated rings. The summed E-state index contributed by atoms with van der Waals surface area (Å²) in [6.07, 6.45) is 2.39. The van der Waals surface area contributed by atoms with E-state index in [9.17, 15) is 4.79 Å². The van der Waals surface area contributed by atoms with Gasteiger partial charge in [-0.1, -0.05) is 19.0 Å². The summed E-state index contributed by atoms with van der Waals surface area (Å²) in [4.78, 5) is 14.6. The fraction of sp³-hybridized carbons (Fsp3) is 0.727. The number of primary amides is 1. The standard InChI is InChI=1S/C11H18N4O2/c1-6(2)7-3-8(4-7)13-5-9-14-11(10(12)16)17-15-9/h6-8,13H,3-5H2,1-2H3,(H2,12,16). The van der Waals surface area contributed by atoms with E-state index < -0.39 is 5.91 Å². The van der Waals surface area contributed by atoms with Gasteiger partial charge in [0, 0.05) is 6.04 Å². The number of nitrogens with zero attached hydrogens (tertiary/aromatic N) is 2. The molecule has 0 atom stereocenters. The number of carbonyl (C=O) groups is 1. The highest BCUT2D eigenvalue weighted by Gasteiger charge is 2.30. The van der Waals surface area contributed by atoms with Crippen molar-refractivity contribution in [2.45, 2.75) is 39.3 Å². The molecule has 3 N–H and O–H groups in total. The van der Waals surface area contributed by atoms with Gasteiger partial charge in [-0.15, -0.1) is 0 Å². The Morgan fingerprint density at radius 3 is 2.82 bits per heavy atom. The minimum atomic E-state index is -0.688. The molecule has 1 aliphatic rings. The maximum absolute atomic E-state index is 10.7. The number of carbonyl (C=O) groups excluding carboxylic acids is 1. The summed E-state index contributed by atoms with van der Waals surface area (Å²) in [7, 11) is 0. The summed E-state index contributed by atoms with van der Waals surface area (Å²) < 4.78 is 4.69. The van der Waals surface area contributed by atoms with Crippen molar-refractivity contribution in [1.29, 1.82) is 0 Å². The van der Waals surface area contributed by atoms with Crippen LogP contribution in [-0.4, -0.2) is 22.1 Å². The zero-order chi connectivity index (χ0) is 12.4. The van der Waals surface area contributed by atoms with Crippen molar-refractivity contribution < 1.29 is 9.32 Å². The molecule has 0 radical (unpaired) electrons. The van der Waals surface area contributed by atoms with Gasteiger partial charge in [0.1, 0.15) is 0 Å². The Bertz CT molecular complexity index is 396. The molecule has 17 heavy (non-hydrogen) atoms. The number of nitrogens with one attached hydrogen (secondary N) is 1. The van der Waals surface area contributed by atoms with Crippen molar-refractivity contribution in [3.63, 3.8) is 0 Å². The third-order valence-corrected chi connectivity index (χ3v) is 3.35. The molecule has 2 rings (SSSR count). The molecule has 6 heteroatoms. The molecule has 94 valence electrons. The molecule has 1 aliphatic carbocycles. The van der Waals surface area contributed by atoms with Gasteiger partial charge < -0.3 is 15.6 Å². The van der Waals surface area contributed by atoms with E-state index in [0.717, 1.165) is 11.8 Å². The largest absolute Gasteiger partial charge is 0.361 e. The summed E-state index contributed by atoms with van der Waals surface area (Å²) in [6.45, 7) is 5.02. The van der Waals surface area contributed by atoms with Crippen LogP contribution in [0.15, 0.2) is 4.52 Å². The van der Waals surface area contributed by atoms with Crippen molar-refractivity contribution in [3.8, 4) is 0 Å².